The van der Waals surface area contributed by atoms with Gasteiger partial charge < -0.3 is 10.5 Å². The van der Waals surface area contributed by atoms with Crippen molar-refractivity contribution in [1.82, 2.24) is 15.0 Å². The van der Waals surface area contributed by atoms with Gasteiger partial charge in [-0.25, -0.2) is 36.9 Å². The number of nitrogen functional groups attached to an aromatic ring is 1. The zero-order valence-electron chi connectivity index (χ0n) is 18.1. The number of nitrogens with two attached hydrogens (primary N) is 1. The Hall–Kier alpha value is -4.04. The minimum Gasteiger partial charge on any atom is -0.455 e. The number of halogens is 6. The summed E-state index contributed by atoms with van der Waals surface area (Å²) in [5.41, 5.74) is 4.82. The molecule has 2 aromatic carbocycles. The van der Waals surface area contributed by atoms with Crippen molar-refractivity contribution in [2.45, 2.75) is 11.1 Å². The SMILES string of the molecule is Nc1cc(-c2cc(C(F)(F)F)ccc2Oc2cc(F)c(S(=O)(=O)Nc3ncc(F)cn3)cc2Cl)ccn1. The Labute approximate surface area is 211 Å². The number of pyridine rings is 1. The van der Waals surface area contributed by atoms with E-state index in [1.807, 2.05) is 4.72 Å². The molecule has 0 saturated carbocycles. The number of benzene rings is 2. The van der Waals surface area contributed by atoms with Crippen molar-refractivity contribution < 1.29 is 35.1 Å². The van der Waals surface area contributed by atoms with Gasteiger partial charge in [0.2, 0.25) is 5.95 Å². The standard InChI is InChI=1S/C22H13ClF5N5O3S/c23-15-7-19(37(34,35)33-21-31-9-13(24)10-32-21)16(25)8-18(15)36-17-2-1-12(22(26,27)28)6-14(17)11-3-4-30-20(29)5-11/h1-10H,(H2,29,30)(H,31,32,33). The number of nitrogens with zero attached hydrogens (tertiary/aromatic N) is 3. The van der Waals surface area contributed by atoms with Gasteiger partial charge in [-0.1, -0.05) is 11.6 Å². The van der Waals surface area contributed by atoms with Crippen LogP contribution in [0.5, 0.6) is 11.5 Å². The molecule has 4 rings (SSSR count). The van der Waals surface area contributed by atoms with E-state index in [2.05, 4.69) is 15.0 Å². The third kappa shape index (κ3) is 5.86. The van der Waals surface area contributed by atoms with Crippen molar-refractivity contribution in [3.8, 4) is 22.6 Å². The second-order valence-corrected chi connectivity index (χ2v) is 9.38. The van der Waals surface area contributed by atoms with Crippen LogP contribution in [-0.4, -0.2) is 23.4 Å². The van der Waals surface area contributed by atoms with E-state index in [-0.39, 0.29) is 33.5 Å². The molecular weight excluding hydrogens is 545 g/mol. The highest BCUT2D eigenvalue weighted by atomic mass is 35.5. The fourth-order valence-electron chi connectivity index (χ4n) is 3.09. The van der Waals surface area contributed by atoms with Gasteiger partial charge in [-0.15, -0.1) is 0 Å². The number of hydrogen-bond acceptors (Lipinski definition) is 7. The quantitative estimate of drug-likeness (QED) is 0.293. The zero-order valence-corrected chi connectivity index (χ0v) is 19.7. The minimum atomic E-state index is -4.67. The van der Waals surface area contributed by atoms with Crippen molar-refractivity contribution in [3.05, 3.63) is 83.3 Å². The minimum absolute atomic E-state index is 0.0251. The highest BCUT2D eigenvalue weighted by Crippen LogP contribution is 2.41. The number of alkyl halides is 3. The molecule has 15 heteroatoms. The second-order valence-electron chi connectivity index (χ2n) is 7.32. The molecule has 0 amide bonds. The van der Waals surface area contributed by atoms with Crippen LogP contribution in [0.4, 0.5) is 33.7 Å². The maximum atomic E-state index is 14.9. The maximum absolute atomic E-state index is 14.9. The summed E-state index contributed by atoms with van der Waals surface area (Å²) in [6, 6.07) is 6.63. The summed E-state index contributed by atoms with van der Waals surface area (Å²) in [7, 11) is -4.61. The summed E-state index contributed by atoms with van der Waals surface area (Å²) in [5, 5.41) is -0.387. The molecule has 0 aliphatic heterocycles. The van der Waals surface area contributed by atoms with Crippen molar-refractivity contribution >= 4 is 33.4 Å². The molecule has 4 aromatic rings. The molecule has 0 saturated heterocycles. The average Bonchev–Trinajstić information content (AvgIpc) is 2.82. The largest absolute Gasteiger partial charge is 0.455 e. The van der Waals surface area contributed by atoms with Crippen LogP contribution in [0.1, 0.15) is 5.56 Å². The van der Waals surface area contributed by atoms with Gasteiger partial charge in [0.25, 0.3) is 10.0 Å². The molecule has 3 N–H and O–H groups in total. The number of hydrogen-bond donors (Lipinski definition) is 2. The zero-order chi connectivity index (χ0) is 27.0. The van der Waals surface area contributed by atoms with E-state index in [9.17, 15) is 30.4 Å². The first-order valence-corrected chi connectivity index (χ1v) is 11.8. The number of nitrogens with one attached hydrogen (secondary N) is 1. The molecule has 0 radical (unpaired) electrons. The lowest BCUT2D eigenvalue weighted by Gasteiger charge is -2.16. The Kier molecular flexibility index (Phi) is 6.88. The highest BCUT2D eigenvalue weighted by Gasteiger charge is 2.32. The summed E-state index contributed by atoms with van der Waals surface area (Å²) < 4.78 is 100. The van der Waals surface area contributed by atoms with Gasteiger partial charge in [0, 0.05) is 17.8 Å². The molecule has 2 aromatic heterocycles. The van der Waals surface area contributed by atoms with Gasteiger partial charge in [-0.05, 0) is 42.0 Å². The van der Waals surface area contributed by atoms with E-state index in [4.69, 9.17) is 22.1 Å². The lowest BCUT2D eigenvalue weighted by atomic mass is 10.0. The molecule has 8 nitrogen and oxygen atoms in total. The first-order chi connectivity index (χ1) is 17.3. The second kappa shape index (κ2) is 9.78. The first kappa shape index (κ1) is 26.0. The molecule has 192 valence electrons. The van der Waals surface area contributed by atoms with E-state index in [0.29, 0.717) is 18.5 Å². The number of anilines is 2. The van der Waals surface area contributed by atoms with E-state index in [1.54, 1.807) is 0 Å². The smallest absolute Gasteiger partial charge is 0.416 e. The summed E-state index contributed by atoms with van der Waals surface area (Å²) in [6.07, 6.45) is -2.00. The van der Waals surface area contributed by atoms with Gasteiger partial charge in [-0.3, -0.25) is 0 Å². The van der Waals surface area contributed by atoms with E-state index in [1.165, 1.54) is 18.3 Å². The predicted octanol–water partition coefficient (Wildman–Crippen LogP) is 5.66. The number of ether oxygens (including phenoxy) is 1. The molecule has 0 atom stereocenters. The fourth-order valence-corrected chi connectivity index (χ4v) is 4.40. The molecule has 37 heavy (non-hydrogen) atoms. The number of aromatic nitrogens is 3. The van der Waals surface area contributed by atoms with Crippen molar-refractivity contribution in [2.24, 2.45) is 0 Å². The highest BCUT2D eigenvalue weighted by molar-refractivity contribution is 7.92. The van der Waals surface area contributed by atoms with Crippen LogP contribution in [-0.2, 0) is 16.2 Å². The van der Waals surface area contributed by atoms with Crippen molar-refractivity contribution in [1.29, 1.82) is 0 Å². The normalized spacial score (nSPS) is 11.8. The predicted molar refractivity (Wildman–Crippen MR) is 123 cm³/mol. The molecule has 2 heterocycles. The van der Waals surface area contributed by atoms with Gasteiger partial charge in [0.1, 0.15) is 28.0 Å². The fraction of sp³-hybridized carbons (Fsp3) is 0.0455. The summed E-state index contributed by atoms with van der Waals surface area (Å²) in [5.74, 6) is -3.18. The Morgan fingerprint density at radius 1 is 0.946 bits per heavy atom. The van der Waals surface area contributed by atoms with Crippen LogP contribution in [0.15, 0.2) is 66.0 Å². The van der Waals surface area contributed by atoms with Gasteiger partial charge in [0.05, 0.1) is 23.0 Å². The molecule has 0 spiro atoms. The molecule has 0 bridgehead atoms. The molecule has 0 unspecified atom stereocenters. The summed E-state index contributed by atoms with van der Waals surface area (Å²) in [6.45, 7) is 0. The monoisotopic (exact) mass is 557 g/mol. The Morgan fingerprint density at radius 2 is 1.65 bits per heavy atom. The average molecular weight is 558 g/mol. The van der Waals surface area contributed by atoms with Gasteiger partial charge in [0.15, 0.2) is 5.82 Å². The van der Waals surface area contributed by atoms with Crippen LogP contribution in [0.3, 0.4) is 0 Å². The Balaban J connectivity index is 1.72. The topological polar surface area (TPSA) is 120 Å². The Morgan fingerprint density at radius 3 is 2.30 bits per heavy atom. The molecule has 0 aliphatic carbocycles. The van der Waals surface area contributed by atoms with E-state index >= 15 is 0 Å². The lowest BCUT2D eigenvalue weighted by molar-refractivity contribution is -0.137. The molecule has 0 fully saturated rings. The first-order valence-electron chi connectivity index (χ1n) is 9.94. The van der Waals surface area contributed by atoms with Crippen LogP contribution in [0.2, 0.25) is 5.02 Å². The molecular formula is C22H13ClF5N5O3S. The Bertz CT molecular complexity index is 1590. The third-order valence-electron chi connectivity index (χ3n) is 4.74. The van der Waals surface area contributed by atoms with E-state index < -0.39 is 44.2 Å². The van der Waals surface area contributed by atoms with Crippen LogP contribution in [0.25, 0.3) is 11.1 Å². The number of rotatable bonds is 6. The summed E-state index contributed by atoms with van der Waals surface area (Å²) >= 11 is 6.13. The molecule has 0 aliphatic rings. The third-order valence-corrected chi connectivity index (χ3v) is 6.38. The van der Waals surface area contributed by atoms with E-state index in [0.717, 1.165) is 24.3 Å². The van der Waals surface area contributed by atoms with Crippen molar-refractivity contribution in [2.75, 3.05) is 10.5 Å². The maximum Gasteiger partial charge on any atom is 0.416 e. The number of sulfonamides is 1. The summed E-state index contributed by atoms with van der Waals surface area (Å²) in [4.78, 5) is 9.75. The van der Waals surface area contributed by atoms with Crippen LogP contribution >= 0.6 is 11.6 Å². The lowest BCUT2D eigenvalue weighted by Crippen LogP contribution is -2.16. The van der Waals surface area contributed by atoms with Gasteiger partial charge in [-0.2, -0.15) is 13.2 Å². The van der Waals surface area contributed by atoms with Gasteiger partial charge >= 0.3 is 6.18 Å². The van der Waals surface area contributed by atoms with Crippen LogP contribution in [0, 0.1) is 11.6 Å². The van der Waals surface area contributed by atoms with Crippen LogP contribution < -0.4 is 15.2 Å². The van der Waals surface area contributed by atoms with Crippen molar-refractivity contribution in [3.63, 3.8) is 0 Å².